The van der Waals surface area contributed by atoms with Gasteiger partial charge in [-0.2, -0.15) is 5.10 Å². The minimum Gasteiger partial charge on any atom is -0.494 e. The minimum absolute atomic E-state index is 0.151. The maximum absolute atomic E-state index is 13.4. The van der Waals surface area contributed by atoms with Crippen LogP contribution in [0, 0.1) is 0 Å². The predicted octanol–water partition coefficient (Wildman–Crippen LogP) is 2.90. The molecule has 9 heteroatoms. The maximum atomic E-state index is 13.4. The third-order valence-corrected chi connectivity index (χ3v) is 6.87. The summed E-state index contributed by atoms with van der Waals surface area (Å²) in [5.74, 6) is -0.111. The first-order chi connectivity index (χ1) is 16.9. The zero-order valence-corrected chi connectivity index (χ0v) is 20.8. The number of nitrogens with one attached hydrogen (secondary N) is 2. The van der Waals surface area contributed by atoms with Crippen LogP contribution in [0.15, 0.2) is 30.3 Å². The monoisotopic (exact) mass is 481 g/mol. The fourth-order valence-electron chi connectivity index (χ4n) is 4.95. The van der Waals surface area contributed by atoms with E-state index >= 15 is 0 Å². The van der Waals surface area contributed by atoms with Crippen molar-refractivity contribution in [2.75, 3.05) is 13.2 Å². The van der Waals surface area contributed by atoms with E-state index in [9.17, 15) is 14.4 Å². The van der Waals surface area contributed by atoms with E-state index in [2.05, 4.69) is 15.7 Å². The lowest BCUT2D eigenvalue weighted by molar-refractivity contribution is -0.133. The summed E-state index contributed by atoms with van der Waals surface area (Å²) in [6.07, 6.45) is 4.87. The van der Waals surface area contributed by atoms with Gasteiger partial charge in [-0.15, -0.1) is 0 Å². The number of benzene rings is 1. The summed E-state index contributed by atoms with van der Waals surface area (Å²) in [4.78, 5) is 41.3. The van der Waals surface area contributed by atoms with Crippen LogP contribution in [0.1, 0.15) is 79.4 Å². The van der Waals surface area contributed by atoms with E-state index in [4.69, 9.17) is 4.74 Å². The van der Waals surface area contributed by atoms with Crippen molar-refractivity contribution >= 4 is 17.7 Å². The van der Waals surface area contributed by atoms with Gasteiger partial charge >= 0.3 is 0 Å². The Bertz CT molecular complexity index is 1090. The standard InChI is InChI=1S/C26H35N5O4/c1-4-14-30-24(33)21-15-20(23(32)27-16-18-10-6-9-13-22(18)35-5-2)29-31(21)17-26(30,3)25(34)28-19-11-7-8-12-19/h6,9-10,13,15,19H,4-5,7-8,11-12,14,16-17H2,1-3H3,(H,27,32)(H,28,34)/t26-/m1/s1. The summed E-state index contributed by atoms with van der Waals surface area (Å²) >= 11 is 0. The van der Waals surface area contributed by atoms with Crippen LogP contribution in [0.2, 0.25) is 0 Å². The second kappa shape index (κ2) is 10.5. The molecular formula is C26H35N5O4. The van der Waals surface area contributed by atoms with Crippen molar-refractivity contribution in [3.05, 3.63) is 47.3 Å². The van der Waals surface area contributed by atoms with Gasteiger partial charge in [0.15, 0.2) is 5.69 Å². The van der Waals surface area contributed by atoms with Crippen molar-refractivity contribution in [3.8, 4) is 5.75 Å². The third kappa shape index (κ3) is 5.04. The van der Waals surface area contributed by atoms with Gasteiger partial charge in [-0.25, -0.2) is 0 Å². The van der Waals surface area contributed by atoms with Gasteiger partial charge in [-0.1, -0.05) is 38.0 Å². The number of amides is 3. The van der Waals surface area contributed by atoms with Gasteiger partial charge in [0.25, 0.3) is 11.8 Å². The molecule has 0 radical (unpaired) electrons. The molecule has 0 spiro atoms. The lowest BCUT2D eigenvalue weighted by Gasteiger charge is -2.43. The largest absolute Gasteiger partial charge is 0.494 e. The molecule has 0 saturated heterocycles. The van der Waals surface area contributed by atoms with Crippen molar-refractivity contribution in [2.24, 2.45) is 0 Å². The second-order valence-corrected chi connectivity index (χ2v) is 9.48. The van der Waals surface area contributed by atoms with E-state index in [1.165, 1.54) is 10.7 Å². The summed E-state index contributed by atoms with van der Waals surface area (Å²) in [5, 5.41) is 10.4. The Morgan fingerprint density at radius 2 is 1.94 bits per heavy atom. The quantitative estimate of drug-likeness (QED) is 0.573. The van der Waals surface area contributed by atoms with Gasteiger partial charge in [-0.05, 0) is 39.2 Å². The molecule has 2 aliphatic rings. The van der Waals surface area contributed by atoms with Crippen LogP contribution in [0.5, 0.6) is 5.75 Å². The molecule has 3 amide bonds. The SMILES string of the molecule is CCCN1C(=O)c2cc(C(=O)NCc3ccccc3OCC)nn2C[C@]1(C)C(=O)NC1CCCC1. The zero-order valence-electron chi connectivity index (χ0n) is 20.8. The number of ether oxygens (including phenoxy) is 1. The molecule has 1 atom stereocenters. The zero-order chi connectivity index (χ0) is 25.0. The van der Waals surface area contributed by atoms with Gasteiger partial charge in [0.2, 0.25) is 5.91 Å². The Balaban J connectivity index is 1.52. The average Bonchev–Trinajstić information content (AvgIpc) is 3.51. The Morgan fingerprint density at radius 3 is 2.66 bits per heavy atom. The summed E-state index contributed by atoms with van der Waals surface area (Å²) < 4.78 is 7.13. The van der Waals surface area contributed by atoms with Crippen molar-refractivity contribution in [1.29, 1.82) is 0 Å². The molecule has 35 heavy (non-hydrogen) atoms. The molecule has 9 nitrogen and oxygen atoms in total. The number of rotatable bonds is 9. The van der Waals surface area contributed by atoms with Gasteiger partial charge in [0.05, 0.1) is 13.2 Å². The number of fused-ring (bicyclic) bond motifs is 1. The topological polar surface area (TPSA) is 106 Å². The number of carbonyl (C=O) groups excluding carboxylic acids is 3. The first kappa shape index (κ1) is 24.8. The van der Waals surface area contributed by atoms with E-state index in [0.29, 0.717) is 24.6 Å². The third-order valence-electron chi connectivity index (χ3n) is 6.87. The van der Waals surface area contributed by atoms with Crippen molar-refractivity contribution in [1.82, 2.24) is 25.3 Å². The summed E-state index contributed by atoms with van der Waals surface area (Å²) in [6.45, 7) is 7.14. The highest BCUT2D eigenvalue weighted by Crippen LogP contribution is 2.29. The van der Waals surface area contributed by atoms with Crippen molar-refractivity contribution < 1.29 is 19.1 Å². The van der Waals surface area contributed by atoms with E-state index in [0.717, 1.165) is 37.7 Å². The number of aromatic nitrogens is 2. The van der Waals surface area contributed by atoms with Crippen LogP contribution in [0.4, 0.5) is 0 Å². The molecule has 4 rings (SSSR count). The second-order valence-electron chi connectivity index (χ2n) is 9.48. The van der Waals surface area contributed by atoms with Crippen LogP contribution in [0.25, 0.3) is 0 Å². The maximum Gasteiger partial charge on any atom is 0.273 e. The van der Waals surface area contributed by atoms with E-state index < -0.39 is 5.54 Å². The van der Waals surface area contributed by atoms with Crippen LogP contribution in [-0.2, 0) is 17.9 Å². The molecule has 1 aromatic carbocycles. The smallest absolute Gasteiger partial charge is 0.273 e. The normalized spacial score (nSPS) is 20.0. The van der Waals surface area contributed by atoms with Crippen molar-refractivity contribution in [2.45, 2.75) is 77.5 Å². The summed E-state index contributed by atoms with van der Waals surface area (Å²) in [7, 11) is 0. The molecule has 2 N–H and O–H groups in total. The van der Waals surface area contributed by atoms with Crippen molar-refractivity contribution in [3.63, 3.8) is 0 Å². The Labute approximate surface area is 206 Å². The number of nitrogens with zero attached hydrogens (tertiary/aromatic N) is 3. The van der Waals surface area contributed by atoms with E-state index in [1.807, 2.05) is 38.1 Å². The highest BCUT2D eigenvalue weighted by Gasteiger charge is 2.48. The molecule has 2 heterocycles. The molecule has 2 aromatic rings. The molecule has 1 saturated carbocycles. The Morgan fingerprint density at radius 1 is 1.20 bits per heavy atom. The molecular weight excluding hydrogens is 446 g/mol. The molecule has 188 valence electrons. The van der Waals surface area contributed by atoms with Gasteiger partial charge < -0.3 is 20.3 Å². The van der Waals surface area contributed by atoms with E-state index in [-0.39, 0.29) is 42.5 Å². The highest BCUT2D eigenvalue weighted by molar-refractivity contribution is 6.02. The lowest BCUT2D eigenvalue weighted by atomic mass is 9.94. The fraction of sp³-hybridized carbons (Fsp3) is 0.538. The van der Waals surface area contributed by atoms with Gasteiger partial charge in [0.1, 0.15) is 17.0 Å². The molecule has 1 aliphatic heterocycles. The Hall–Kier alpha value is -3.36. The molecule has 0 unspecified atom stereocenters. The summed E-state index contributed by atoms with van der Waals surface area (Å²) in [5.41, 5.74) is 0.260. The molecule has 1 fully saturated rings. The Kier molecular flexibility index (Phi) is 7.42. The number of hydrogen-bond acceptors (Lipinski definition) is 5. The lowest BCUT2D eigenvalue weighted by Crippen LogP contribution is -2.65. The van der Waals surface area contributed by atoms with Gasteiger partial charge in [-0.3, -0.25) is 19.1 Å². The van der Waals surface area contributed by atoms with Crippen LogP contribution >= 0.6 is 0 Å². The average molecular weight is 482 g/mol. The molecule has 1 aromatic heterocycles. The number of carbonyl (C=O) groups is 3. The molecule has 1 aliphatic carbocycles. The highest BCUT2D eigenvalue weighted by atomic mass is 16.5. The van der Waals surface area contributed by atoms with Gasteiger partial charge in [0, 0.05) is 30.8 Å². The van der Waals surface area contributed by atoms with Crippen LogP contribution < -0.4 is 15.4 Å². The first-order valence-corrected chi connectivity index (χ1v) is 12.6. The minimum atomic E-state index is -1.07. The number of hydrogen-bond donors (Lipinski definition) is 2. The molecule has 0 bridgehead atoms. The van der Waals surface area contributed by atoms with Crippen LogP contribution in [0.3, 0.4) is 0 Å². The van der Waals surface area contributed by atoms with Crippen LogP contribution in [-0.4, -0.2) is 57.1 Å². The predicted molar refractivity (Wildman–Crippen MR) is 131 cm³/mol. The number of para-hydroxylation sites is 1. The van der Waals surface area contributed by atoms with E-state index in [1.54, 1.807) is 11.8 Å². The fourth-order valence-corrected chi connectivity index (χ4v) is 4.95. The first-order valence-electron chi connectivity index (χ1n) is 12.6. The summed E-state index contributed by atoms with van der Waals surface area (Å²) in [6, 6.07) is 9.19.